The Morgan fingerprint density at radius 3 is 2.76 bits per heavy atom. The van der Waals surface area contributed by atoms with Gasteiger partial charge in [0.25, 0.3) is 5.91 Å². The molecule has 0 saturated heterocycles. The minimum Gasteiger partial charge on any atom is -0.398 e. The number of nitrogens with one attached hydrogen (secondary N) is 1. The lowest BCUT2D eigenvalue weighted by atomic mass is 10.2. The van der Waals surface area contributed by atoms with Crippen LogP contribution in [0.3, 0.4) is 0 Å². The summed E-state index contributed by atoms with van der Waals surface area (Å²) >= 11 is 1.33. The molecule has 17 heavy (non-hydrogen) atoms. The van der Waals surface area contributed by atoms with E-state index in [1.54, 1.807) is 11.6 Å². The highest BCUT2D eigenvalue weighted by Crippen LogP contribution is 2.19. The molecule has 0 spiro atoms. The van der Waals surface area contributed by atoms with Crippen molar-refractivity contribution >= 4 is 28.6 Å². The molecule has 0 aliphatic carbocycles. The van der Waals surface area contributed by atoms with Crippen molar-refractivity contribution in [2.45, 2.75) is 13.8 Å². The number of nitrogens with zero attached hydrogens (tertiary/aromatic N) is 1. The molecule has 4 nitrogen and oxygen atoms in total. The first-order valence-electron chi connectivity index (χ1n) is 5.15. The first-order valence-corrected chi connectivity index (χ1v) is 6.03. The van der Waals surface area contributed by atoms with E-state index in [-0.39, 0.29) is 5.91 Å². The van der Waals surface area contributed by atoms with Crippen LogP contribution in [0, 0.1) is 13.8 Å². The van der Waals surface area contributed by atoms with Crippen LogP contribution in [-0.4, -0.2) is 10.9 Å². The second kappa shape index (κ2) is 4.55. The van der Waals surface area contributed by atoms with Crippen LogP contribution in [0.25, 0.3) is 0 Å². The molecule has 0 saturated carbocycles. The Morgan fingerprint density at radius 2 is 2.18 bits per heavy atom. The van der Waals surface area contributed by atoms with Crippen molar-refractivity contribution < 1.29 is 4.79 Å². The first-order chi connectivity index (χ1) is 8.08. The molecule has 0 unspecified atom stereocenters. The van der Waals surface area contributed by atoms with Crippen LogP contribution in [-0.2, 0) is 0 Å². The Kier molecular flexibility index (Phi) is 3.10. The van der Waals surface area contributed by atoms with Crippen LogP contribution in [0.2, 0.25) is 0 Å². The maximum atomic E-state index is 11.9. The summed E-state index contributed by atoms with van der Waals surface area (Å²) in [4.78, 5) is 16.6. The second-order valence-electron chi connectivity index (χ2n) is 3.79. The zero-order chi connectivity index (χ0) is 12.4. The van der Waals surface area contributed by atoms with Gasteiger partial charge in [-0.05, 0) is 31.5 Å². The van der Waals surface area contributed by atoms with Gasteiger partial charge in [-0.25, -0.2) is 4.98 Å². The number of rotatable bonds is 2. The van der Waals surface area contributed by atoms with E-state index in [9.17, 15) is 4.79 Å². The van der Waals surface area contributed by atoms with Gasteiger partial charge in [0.15, 0.2) is 0 Å². The van der Waals surface area contributed by atoms with Crippen LogP contribution in [0.1, 0.15) is 20.9 Å². The van der Waals surface area contributed by atoms with Crippen molar-refractivity contribution in [2.75, 3.05) is 11.1 Å². The average Bonchev–Trinajstić information content (AvgIpc) is 2.70. The maximum Gasteiger partial charge on any atom is 0.267 e. The predicted molar refractivity (Wildman–Crippen MR) is 70.4 cm³/mol. The molecule has 1 amide bonds. The smallest absolute Gasteiger partial charge is 0.267 e. The molecule has 1 aromatic carbocycles. The average molecular weight is 247 g/mol. The lowest BCUT2D eigenvalue weighted by Crippen LogP contribution is -2.11. The number of thiazole rings is 1. The predicted octanol–water partition coefficient (Wildman–Crippen LogP) is 2.59. The van der Waals surface area contributed by atoms with Crippen molar-refractivity contribution in [3.05, 3.63) is 39.8 Å². The molecule has 0 aliphatic heterocycles. The Morgan fingerprint density at radius 1 is 1.41 bits per heavy atom. The van der Waals surface area contributed by atoms with Gasteiger partial charge in [-0.15, -0.1) is 11.3 Å². The zero-order valence-electron chi connectivity index (χ0n) is 9.65. The third-order valence-corrected chi connectivity index (χ3v) is 3.42. The van der Waals surface area contributed by atoms with Gasteiger partial charge in [0.1, 0.15) is 4.88 Å². The normalized spacial score (nSPS) is 10.2. The molecule has 3 N–H and O–H groups in total. The summed E-state index contributed by atoms with van der Waals surface area (Å²) in [5.74, 6) is -0.145. The monoisotopic (exact) mass is 247 g/mol. The van der Waals surface area contributed by atoms with E-state index in [1.165, 1.54) is 11.3 Å². The third-order valence-electron chi connectivity index (χ3n) is 2.49. The Hall–Kier alpha value is -1.88. The van der Waals surface area contributed by atoms with E-state index in [4.69, 9.17) is 5.73 Å². The van der Waals surface area contributed by atoms with Crippen molar-refractivity contribution in [3.63, 3.8) is 0 Å². The van der Waals surface area contributed by atoms with E-state index >= 15 is 0 Å². The molecular weight excluding hydrogens is 234 g/mol. The summed E-state index contributed by atoms with van der Waals surface area (Å²) in [7, 11) is 0. The minimum absolute atomic E-state index is 0.145. The fourth-order valence-electron chi connectivity index (χ4n) is 1.43. The molecule has 5 heteroatoms. The standard InChI is InChI=1S/C12H13N3OS/c1-7-3-4-9(5-10(7)13)15-12(16)11-8(2)14-6-17-11/h3-6H,13H2,1-2H3,(H,15,16). The number of hydrogen-bond acceptors (Lipinski definition) is 4. The lowest BCUT2D eigenvalue weighted by Gasteiger charge is -2.06. The second-order valence-corrected chi connectivity index (χ2v) is 4.65. The summed E-state index contributed by atoms with van der Waals surface area (Å²) in [6, 6.07) is 5.47. The van der Waals surface area contributed by atoms with Crippen molar-refractivity contribution in [3.8, 4) is 0 Å². The molecule has 0 aliphatic rings. The summed E-state index contributed by atoms with van der Waals surface area (Å²) in [6.07, 6.45) is 0. The number of carbonyl (C=O) groups is 1. The summed E-state index contributed by atoms with van der Waals surface area (Å²) in [5, 5.41) is 2.80. The quantitative estimate of drug-likeness (QED) is 0.801. The summed E-state index contributed by atoms with van der Waals surface area (Å²) < 4.78 is 0. The molecule has 88 valence electrons. The number of carbonyl (C=O) groups excluding carboxylic acids is 1. The molecule has 0 fully saturated rings. The number of benzene rings is 1. The van der Waals surface area contributed by atoms with Crippen LogP contribution < -0.4 is 11.1 Å². The first kappa shape index (κ1) is 11.6. The number of aromatic nitrogens is 1. The molecule has 1 heterocycles. The largest absolute Gasteiger partial charge is 0.398 e. The SMILES string of the molecule is Cc1ccc(NC(=O)c2scnc2C)cc1N. The Labute approximate surface area is 103 Å². The van der Waals surface area contributed by atoms with E-state index in [0.29, 0.717) is 16.3 Å². The van der Waals surface area contributed by atoms with E-state index in [0.717, 1.165) is 11.3 Å². The van der Waals surface area contributed by atoms with Gasteiger partial charge in [-0.3, -0.25) is 4.79 Å². The number of hydrogen-bond donors (Lipinski definition) is 2. The van der Waals surface area contributed by atoms with Gasteiger partial charge in [0, 0.05) is 11.4 Å². The Bertz CT molecular complexity index is 563. The van der Waals surface area contributed by atoms with E-state index < -0.39 is 0 Å². The number of amides is 1. The van der Waals surface area contributed by atoms with Gasteiger partial charge in [-0.2, -0.15) is 0 Å². The molecule has 2 aromatic rings. The van der Waals surface area contributed by atoms with E-state index in [2.05, 4.69) is 10.3 Å². The lowest BCUT2D eigenvalue weighted by molar-refractivity contribution is 0.103. The maximum absolute atomic E-state index is 11.9. The molecule has 1 aromatic heterocycles. The number of nitrogens with two attached hydrogens (primary N) is 1. The van der Waals surface area contributed by atoms with Gasteiger partial charge in [0.2, 0.25) is 0 Å². The van der Waals surface area contributed by atoms with Gasteiger partial charge in [-0.1, -0.05) is 6.07 Å². The highest BCUT2D eigenvalue weighted by Gasteiger charge is 2.11. The number of anilines is 2. The summed E-state index contributed by atoms with van der Waals surface area (Å²) in [5.41, 5.74) is 10.6. The van der Waals surface area contributed by atoms with Gasteiger partial charge >= 0.3 is 0 Å². The minimum atomic E-state index is -0.145. The van der Waals surface area contributed by atoms with Crippen molar-refractivity contribution in [2.24, 2.45) is 0 Å². The third kappa shape index (κ3) is 2.45. The molecule has 2 rings (SSSR count). The van der Waals surface area contributed by atoms with Crippen LogP contribution in [0.15, 0.2) is 23.7 Å². The van der Waals surface area contributed by atoms with Crippen LogP contribution >= 0.6 is 11.3 Å². The molecular formula is C12H13N3OS. The highest BCUT2D eigenvalue weighted by atomic mass is 32.1. The fourth-order valence-corrected chi connectivity index (χ4v) is 2.12. The van der Waals surface area contributed by atoms with E-state index in [1.807, 2.05) is 26.0 Å². The van der Waals surface area contributed by atoms with Crippen LogP contribution in [0.5, 0.6) is 0 Å². The highest BCUT2D eigenvalue weighted by molar-refractivity contribution is 7.12. The zero-order valence-corrected chi connectivity index (χ0v) is 10.5. The van der Waals surface area contributed by atoms with Gasteiger partial charge in [0.05, 0.1) is 11.2 Å². The van der Waals surface area contributed by atoms with Crippen LogP contribution in [0.4, 0.5) is 11.4 Å². The summed E-state index contributed by atoms with van der Waals surface area (Å²) in [6.45, 7) is 3.74. The fraction of sp³-hybridized carbons (Fsp3) is 0.167. The van der Waals surface area contributed by atoms with Gasteiger partial charge < -0.3 is 11.1 Å². The number of nitrogen functional groups attached to an aromatic ring is 1. The van der Waals surface area contributed by atoms with Crippen molar-refractivity contribution in [1.29, 1.82) is 0 Å². The molecule has 0 atom stereocenters. The number of aryl methyl sites for hydroxylation is 2. The molecule has 0 radical (unpaired) electrons. The molecule has 0 bridgehead atoms. The van der Waals surface area contributed by atoms with Crippen molar-refractivity contribution in [1.82, 2.24) is 4.98 Å². The Balaban J connectivity index is 2.19. The topological polar surface area (TPSA) is 68.0 Å².